The minimum atomic E-state index is -0.268. The van der Waals surface area contributed by atoms with E-state index in [9.17, 15) is 4.79 Å². The molecule has 1 aliphatic rings. The van der Waals surface area contributed by atoms with Gasteiger partial charge in [0.1, 0.15) is 5.75 Å². The Morgan fingerprint density at radius 2 is 2.17 bits per heavy atom. The highest BCUT2D eigenvalue weighted by Crippen LogP contribution is 2.39. The lowest BCUT2D eigenvalue weighted by Gasteiger charge is -2.12. The Morgan fingerprint density at radius 1 is 1.43 bits per heavy atom. The van der Waals surface area contributed by atoms with Gasteiger partial charge in [-0.05, 0) is 56.9 Å². The number of aryl methyl sites for hydroxylation is 1. The predicted octanol–water partition coefficient (Wildman–Crippen LogP) is 4.08. The van der Waals surface area contributed by atoms with Crippen LogP contribution in [0.4, 0.5) is 5.69 Å². The van der Waals surface area contributed by atoms with Crippen LogP contribution in [-0.2, 0) is 0 Å². The van der Waals surface area contributed by atoms with Gasteiger partial charge in [0.15, 0.2) is 5.69 Å². The fourth-order valence-corrected chi connectivity index (χ4v) is 2.93. The number of anilines is 1. The SMILES string of the molecule is COc1ccc(Cl)cc1NC(=O)c1cc(C)n(C(C)C2CC2)n1. The van der Waals surface area contributed by atoms with Crippen molar-refractivity contribution in [2.45, 2.75) is 32.7 Å². The van der Waals surface area contributed by atoms with Crippen molar-refractivity contribution in [2.24, 2.45) is 5.92 Å². The van der Waals surface area contributed by atoms with Gasteiger partial charge in [-0.2, -0.15) is 5.10 Å². The van der Waals surface area contributed by atoms with Crippen molar-refractivity contribution in [1.82, 2.24) is 9.78 Å². The summed E-state index contributed by atoms with van der Waals surface area (Å²) in [5.74, 6) is 0.971. The Kier molecular flexibility index (Phi) is 4.31. The molecule has 0 spiro atoms. The molecule has 0 radical (unpaired) electrons. The maximum absolute atomic E-state index is 12.5. The molecule has 1 N–H and O–H groups in total. The lowest BCUT2D eigenvalue weighted by atomic mass is 10.2. The molecule has 0 aliphatic heterocycles. The zero-order chi connectivity index (χ0) is 16.6. The Labute approximate surface area is 140 Å². The van der Waals surface area contributed by atoms with Crippen molar-refractivity contribution in [2.75, 3.05) is 12.4 Å². The van der Waals surface area contributed by atoms with Gasteiger partial charge in [-0.15, -0.1) is 0 Å². The number of methoxy groups -OCH3 is 1. The first-order valence-corrected chi connectivity index (χ1v) is 8.08. The normalized spacial score (nSPS) is 15.3. The van der Waals surface area contributed by atoms with Crippen LogP contribution in [0.1, 0.15) is 42.0 Å². The molecule has 1 aromatic heterocycles. The van der Waals surface area contributed by atoms with Crippen molar-refractivity contribution in [3.05, 3.63) is 40.7 Å². The summed E-state index contributed by atoms with van der Waals surface area (Å²) < 4.78 is 7.19. The summed E-state index contributed by atoms with van der Waals surface area (Å²) in [6, 6.07) is 7.24. The van der Waals surface area contributed by atoms with Crippen molar-refractivity contribution < 1.29 is 9.53 Å². The first-order valence-electron chi connectivity index (χ1n) is 7.70. The summed E-state index contributed by atoms with van der Waals surface area (Å²) in [5, 5.41) is 7.83. The Hall–Kier alpha value is -2.01. The van der Waals surface area contributed by atoms with Crippen LogP contribution in [0.25, 0.3) is 0 Å². The number of benzene rings is 1. The minimum Gasteiger partial charge on any atom is -0.495 e. The second kappa shape index (κ2) is 6.24. The number of ether oxygens (including phenoxy) is 1. The highest BCUT2D eigenvalue weighted by Gasteiger charge is 2.31. The van der Waals surface area contributed by atoms with Crippen LogP contribution < -0.4 is 10.1 Å². The molecule has 1 aliphatic carbocycles. The van der Waals surface area contributed by atoms with Gasteiger partial charge in [-0.1, -0.05) is 11.6 Å². The van der Waals surface area contributed by atoms with Crippen LogP contribution in [0.15, 0.2) is 24.3 Å². The Morgan fingerprint density at radius 3 is 2.83 bits per heavy atom. The smallest absolute Gasteiger partial charge is 0.276 e. The minimum absolute atomic E-state index is 0.268. The fraction of sp³-hybridized carbons (Fsp3) is 0.412. The van der Waals surface area contributed by atoms with E-state index in [1.54, 1.807) is 25.3 Å². The summed E-state index contributed by atoms with van der Waals surface area (Å²) in [7, 11) is 1.55. The Bertz CT molecular complexity index is 737. The summed E-state index contributed by atoms with van der Waals surface area (Å²) >= 11 is 5.99. The van der Waals surface area contributed by atoms with Crippen molar-refractivity contribution in [3.63, 3.8) is 0 Å². The molecule has 2 aromatic rings. The highest BCUT2D eigenvalue weighted by atomic mass is 35.5. The monoisotopic (exact) mass is 333 g/mol. The van der Waals surface area contributed by atoms with Crippen LogP contribution in [0, 0.1) is 12.8 Å². The summed E-state index contributed by atoms with van der Waals surface area (Å²) in [4.78, 5) is 12.5. The van der Waals surface area contributed by atoms with Gasteiger partial charge in [0.05, 0.1) is 18.8 Å². The van der Waals surface area contributed by atoms with Crippen LogP contribution in [0.3, 0.4) is 0 Å². The third-order valence-electron chi connectivity index (χ3n) is 4.25. The molecule has 1 atom stereocenters. The van der Waals surface area contributed by atoms with Crippen molar-refractivity contribution >= 4 is 23.2 Å². The van der Waals surface area contributed by atoms with Crippen molar-refractivity contribution in [3.8, 4) is 5.75 Å². The maximum Gasteiger partial charge on any atom is 0.276 e. The molecule has 23 heavy (non-hydrogen) atoms. The first-order chi connectivity index (χ1) is 11.0. The molecule has 3 rings (SSSR count). The largest absolute Gasteiger partial charge is 0.495 e. The van der Waals surface area contributed by atoms with Gasteiger partial charge in [0.2, 0.25) is 0 Å². The van der Waals surface area contributed by atoms with E-state index >= 15 is 0 Å². The van der Waals surface area contributed by atoms with E-state index in [1.807, 2.05) is 17.7 Å². The number of hydrogen-bond donors (Lipinski definition) is 1. The molecule has 1 fully saturated rings. The van der Waals surface area contributed by atoms with Gasteiger partial charge in [0, 0.05) is 10.7 Å². The standard InChI is InChI=1S/C17H20ClN3O2/c1-10-8-15(20-21(10)11(2)12-4-5-12)17(22)19-14-9-13(18)6-7-16(14)23-3/h6-9,11-12H,4-5H2,1-3H3,(H,19,22). The third-order valence-corrected chi connectivity index (χ3v) is 4.49. The number of nitrogens with one attached hydrogen (secondary N) is 1. The lowest BCUT2D eigenvalue weighted by Crippen LogP contribution is -2.15. The zero-order valence-corrected chi connectivity index (χ0v) is 14.2. The number of amides is 1. The van der Waals surface area contributed by atoms with E-state index in [1.165, 1.54) is 12.8 Å². The van der Waals surface area contributed by atoms with Crippen LogP contribution in [0.5, 0.6) is 5.75 Å². The quantitative estimate of drug-likeness (QED) is 0.897. The summed E-state index contributed by atoms with van der Waals surface area (Å²) in [6.45, 7) is 4.13. The Balaban J connectivity index is 1.81. The lowest BCUT2D eigenvalue weighted by molar-refractivity contribution is 0.102. The zero-order valence-electron chi connectivity index (χ0n) is 13.5. The second-order valence-electron chi connectivity index (χ2n) is 5.99. The van der Waals surface area contributed by atoms with Gasteiger partial charge in [-0.25, -0.2) is 0 Å². The van der Waals surface area contributed by atoms with Crippen LogP contribution in [0.2, 0.25) is 5.02 Å². The number of nitrogens with zero attached hydrogens (tertiary/aromatic N) is 2. The molecule has 5 nitrogen and oxygen atoms in total. The molecule has 6 heteroatoms. The third kappa shape index (κ3) is 3.34. The molecule has 1 amide bonds. The molecular formula is C17H20ClN3O2. The van der Waals surface area contributed by atoms with Crippen LogP contribution in [-0.4, -0.2) is 22.8 Å². The highest BCUT2D eigenvalue weighted by molar-refractivity contribution is 6.31. The van der Waals surface area contributed by atoms with E-state index < -0.39 is 0 Å². The number of carbonyl (C=O) groups is 1. The first kappa shape index (κ1) is 15.9. The number of carbonyl (C=O) groups excluding carboxylic acids is 1. The van der Waals surface area contributed by atoms with E-state index in [0.29, 0.717) is 34.1 Å². The van der Waals surface area contributed by atoms with E-state index in [4.69, 9.17) is 16.3 Å². The van der Waals surface area contributed by atoms with Gasteiger partial charge < -0.3 is 10.1 Å². The molecule has 1 unspecified atom stereocenters. The molecule has 1 saturated carbocycles. The molecule has 1 heterocycles. The summed E-state index contributed by atoms with van der Waals surface area (Å²) in [5.41, 5.74) is 1.93. The fourth-order valence-electron chi connectivity index (χ4n) is 2.75. The van der Waals surface area contributed by atoms with E-state index in [0.717, 1.165) is 5.69 Å². The molecular weight excluding hydrogens is 314 g/mol. The van der Waals surface area contributed by atoms with Crippen LogP contribution >= 0.6 is 11.6 Å². The van der Waals surface area contributed by atoms with Crippen molar-refractivity contribution in [1.29, 1.82) is 0 Å². The molecule has 122 valence electrons. The molecule has 0 bridgehead atoms. The average Bonchev–Trinajstić information content (AvgIpc) is 3.29. The van der Waals surface area contributed by atoms with Gasteiger partial charge >= 0.3 is 0 Å². The molecule has 1 aromatic carbocycles. The van der Waals surface area contributed by atoms with Gasteiger partial charge in [-0.3, -0.25) is 9.48 Å². The number of hydrogen-bond acceptors (Lipinski definition) is 3. The summed E-state index contributed by atoms with van der Waals surface area (Å²) in [6.07, 6.45) is 2.48. The van der Waals surface area contributed by atoms with Gasteiger partial charge in [0.25, 0.3) is 5.91 Å². The number of rotatable bonds is 5. The maximum atomic E-state index is 12.5. The topological polar surface area (TPSA) is 56.1 Å². The number of aromatic nitrogens is 2. The number of halogens is 1. The average molecular weight is 334 g/mol. The van der Waals surface area contributed by atoms with E-state index in [2.05, 4.69) is 17.3 Å². The second-order valence-corrected chi connectivity index (χ2v) is 6.43. The van der Waals surface area contributed by atoms with E-state index in [-0.39, 0.29) is 5.91 Å². The predicted molar refractivity (Wildman–Crippen MR) is 90.4 cm³/mol. The molecule has 0 saturated heterocycles.